The van der Waals surface area contributed by atoms with E-state index in [2.05, 4.69) is 13.8 Å². The minimum absolute atomic E-state index is 0.118. The Morgan fingerprint density at radius 1 is 1.03 bits per heavy atom. The van der Waals surface area contributed by atoms with Gasteiger partial charge in [0.15, 0.2) is 0 Å². The van der Waals surface area contributed by atoms with E-state index >= 15 is 0 Å². The van der Waals surface area contributed by atoms with E-state index in [1.165, 1.54) is 6.26 Å². The summed E-state index contributed by atoms with van der Waals surface area (Å²) in [6.07, 6.45) is 2.74. The lowest BCUT2D eigenvalue weighted by molar-refractivity contribution is -0.139. The second-order valence-corrected chi connectivity index (χ2v) is 7.32. The first-order chi connectivity index (χ1) is 13.9. The lowest BCUT2D eigenvalue weighted by atomic mass is 10.0. The summed E-state index contributed by atoms with van der Waals surface area (Å²) in [7, 11) is 0. The Bertz CT molecular complexity index is 1060. The summed E-state index contributed by atoms with van der Waals surface area (Å²) in [6.45, 7) is 8.03. The molecule has 0 unspecified atom stereocenters. The van der Waals surface area contributed by atoms with Crippen LogP contribution in [0, 0.1) is 5.92 Å². The molecule has 0 spiro atoms. The van der Waals surface area contributed by atoms with Crippen molar-refractivity contribution < 1.29 is 18.7 Å². The van der Waals surface area contributed by atoms with Crippen LogP contribution >= 0.6 is 0 Å². The minimum atomic E-state index is -0.276. The first-order valence-electron chi connectivity index (χ1n) is 9.98. The van der Waals surface area contributed by atoms with Crippen LogP contribution in [0.1, 0.15) is 52.0 Å². The SMILES string of the molecule is CCC(CC)C(=O)Oc1ccc2c(=O)c(Oc3ccccc3C(C)C)coc2c1. The van der Waals surface area contributed by atoms with Gasteiger partial charge in [-0.2, -0.15) is 0 Å². The number of carbonyl (C=O) groups is 1. The second kappa shape index (κ2) is 8.95. The molecule has 0 amide bonds. The predicted octanol–water partition coefficient (Wildman–Crippen LogP) is 6.05. The van der Waals surface area contributed by atoms with E-state index in [1.54, 1.807) is 18.2 Å². The summed E-state index contributed by atoms with van der Waals surface area (Å²) in [5.41, 5.74) is 1.08. The first kappa shape index (κ1) is 20.6. The Balaban J connectivity index is 1.89. The van der Waals surface area contributed by atoms with Gasteiger partial charge in [-0.1, -0.05) is 45.9 Å². The molecule has 3 rings (SSSR count). The molecule has 1 heterocycles. The molecule has 0 aliphatic heterocycles. The number of hydrogen-bond donors (Lipinski definition) is 0. The maximum atomic E-state index is 12.9. The number of benzene rings is 2. The lowest BCUT2D eigenvalue weighted by Crippen LogP contribution is -2.19. The molecule has 0 N–H and O–H groups in total. The zero-order chi connectivity index (χ0) is 21.0. The number of hydrogen-bond acceptors (Lipinski definition) is 5. The van der Waals surface area contributed by atoms with Gasteiger partial charge < -0.3 is 13.9 Å². The summed E-state index contributed by atoms with van der Waals surface area (Å²) in [5, 5.41) is 0.367. The molecule has 2 aromatic carbocycles. The van der Waals surface area contributed by atoms with Gasteiger partial charge in [0.1, 0.15) is 23.3 Å². The molecule has 5 heteroatoms. The summed E-state index contributed by atoms with van der Waals surface area (Å²) in [4.78, 5) is 25.0. The Kier molecular flexibility index (Phi) is 6.37. The van der Waals surface area contributed by atoms with Gasteiger partial charge in [-0.15, -0.1) is 0 Å². The zero-order valence-electron chi connectivity index (χ0n) is 17.2. The fourth-order valence-corrected chi connectivity index (χ4v) is 3.22. The van der Waals surface area contributed by atoms with Gasteiger partial charge in [0.05, 0.1) is 11.3 Å². The van der Waals surface area contributed by atoms with Gasteiger partial charge in [-0.05, 0) is 42.5 Å². The molecule has 0 aliphatic carbocycles. The first-order valence-corrected chi connectivity index (χ1v) is 9.98. The molecule has 0 radical (unpaired) electrons. The highest BCUT2D eigenvalue weighted by Crippen LogP contribution is 2.30. The van der Waals surface area contributed by atoms with Gasteiger partial charge >= 0.3 is 5.97 Å². The van der Waals surface area contributed by atoms with Crippen LogP contribution in [0.2, 0.25) is 0 Å². The van der Waals surface area contributed by atoms with E-state index in [0.29, 0.717) is 22.5 Å². The van der Waals surface area contributed by atoms with E-state index in [-0.39, 0.29) is 29.0 Å². The molecule has 0 saturated carbocycles. The highest BCUT2D eigenvalue weighted by atomic mass is 16.5. The molecule has 29 heavy (non-hydrogen) atoms. The average molecular weight is 394 g/mol. The molecule has 0 atom stereocenters. The number of ether oxygens (including phenoxy) is 2. The highest BCUT2D eigenvalue weighted by molar-refractivity contribution is 5.81. The van der Waals surface area contributed by atoms with Crippen LogP contribution in [0.4, 0.5) is 0 Å². The number of esters is 1. The van der Waals surface area contributed by atoms with E-state index < -0.39 is 0 Å². The van der Waals surface area contributed by atoms with E-state index in [9.17, 15) is 9.59 Å². The predicted molar refractivity (Wildman–Crippen MR) is 113 cm³/mol. The van der Waals surface area contributed by atoms with E-state index in [4.69, 9.17) is 13.9 Å². The monoisotopic (exact) mass is 394 g/mol. The zero-order valence-corrected chi connectivity index (χ0v) is 17.2. The van der Waals surface area contributed by atoms with Gasteiger partial charge in [0.2, 0.25) is 11.2 Å². The molecule has 0 fully saturated rings. The van der Waals surface area contributed by atoms with Crippen molar-refractivity contribution in [2.45, 2.75) is 46.5 Å². The molecular weight excluding hydrogens is 368 g/mol. The van der Waals surface area contributed by atoms with Crippen molar-refractivity contribution in [1.82, 2.24) is 0 Å². The minimum Gasteiger partial charge on any atom is -0.460 e. The standard InChI is InChI=1S/C24H26O5/c1-5-16(6-2)24(26)28-17-11-12-19-21(13-17)27-14-22(23(19)25)29-20-10-8-7-9-18(20)15(3)4/h7-16H,5-6H2,1-4H3. The van der Waals surface area contributed by atoms with Gasteiger partial charge in [-0.25, -0.2) is 0 Å². The van der Waals surface area contributed by atoms with Crippen molar-refractivity contribution >= 4 is 16.9 Å². The average Bonchev–Trinajstić information content (AvgIpc) is 2.71. The maximum Gasteiger partial charge on any atom is 0.314 e. The van der Waals surface area contributed by atoms with Crippen LogP contribution in [0.5, 0.6) is 17.2 Å². The van der Waals surface area contributed by atoms with Crippen LogP contribution in [-0.4, -0.2) is 5.97 Å². The Labute approximate surface area is 170 Å². The Morgan fingerprint density at radius 3 is 2.45 bits per heavy atom. The number of fused-ring (bicyclic) bond motifs is 1. The molecule has 0 aliphatic rings. The topological polar surface area (TPSA) is 65.7 Å². The number of para-hydroxylation sites is 1. The lowest BCUT2D eigenvalue weighted by Gasteiger charge is -2.13. The van der Waals surface area contributed by atoms with Crippen molar-refractivity contribution in [3.63, 3.8) is 0 Å². The van der Waals surface area contributed by atoms with Gasteiger partial charge in [0.25, 0.3) is 0 Å². The Morgan fingerprint density at radius 2 is 1.76 bits per heavy atom. The molecule has 3 aromatic rings. The van der Waals surface area contributed by atoms with Crippen molar-refractivity contribution in [2.24, 2.45) is 5.92 Å². The van der Waals surface area contributed by atoms with Crippen LogP contribution < -0.4 is 14.9 Å². The van der Waals surface area contributed by atoms with E-state index in [1.807, 2.05) is 38.1 Å². The molecule has 5 nitrogen and oxygen atoms in total. The van der Waals surface area contributed by atoms with Crippen molar-refractivity contribution in [3.8, 4) is 17.2 Å². The van der Waals surface area contributed by atoms with Gasteiger partial charge in [0, 0.05) is 6.07 Å². The van der Waals surface area contributed by atoms with Crippen LogP contribution in [0.3, 0.4) is 0 Å². The fraction of sp³-hybridized carbons (Fsp3) is 0.333. The van der Waals surface area contributed by atoms with Crippen molar-refractivity contribution in [3.05, 3.63) is 64.5 Å². The van der Waals surface area contributed by atoms with Crippen LogP contribution in [0.15, 0.2) is 57.9 Å². The smallest absolute Gasteiger partial charge is 0.314 e. The second-order valence-electron chi connectivity index (χ2n) is 7.32. The van der Waals surface area contributed by atoms with Gasteiger partial charge in [-0.3, -0.25) is 9.59 Å². The van der Waals surface area contributed by atoms with Crippen molar-refractivity contribution in [1.29, 1.82) is 0 Å². The van der Waals surface area contributed by atoms with E-state index in [0.717, 1.165) is 18.4 Å². The summed E-state index contributed by atoms with van der Waals surface area (Å²) in [5.74, 6) is 0.941. The third-order valence-corrected chi connectivity index (χ3v) is 5.01. The molecule has 0 bridgehead atoms. The van der Waals surface area contributed by atoms with Crippen LogP contribution in [-0.2, 0) is 4.79 Å². The molecule has 152 valence electrons. The molecule has 0 saturated heterocycles. The quantitative estimate of drug-likeness (QED) is 0.360. The largest absolute Gasteiger partial charge is 0.460 e. The summed E-state index contributed by atoms with van der Waals surface area (Å²) >= 11 is 0. The third-order valence-electron chi connectivity index (χ3n) is 5.01. The third kappa shape index (κ3) is 4.50. The Hall–Kier alpha value is -3.08. The number of rotatable bonds is 7. The molecular formula is C24H26O5. The molecule has 1 aromatic heterocycles. The number of carbonyl (C=O) groups excluding carboxylic acids is 1. The summed E-state index contributed by atoms with van der Waals surface area (Å²) in [6, 6.07) is 12.4. The maximum absolute atomic E-state index is 12.9. The normalized spacial score (nSPS) is 11.2. The van der Waals surface area contributed by atoms with Crippen molar-refractivity contribution in [2.75, 3.05) is 0 Å². The highest BCUT2D eigenvalue weighted by Gasteiger charge is 2.18. The van der Waals surface area contributed by atoms with Crippen LogP contribution in [0.25, 0.3) is 11.0 Å². The summed E-state index contributed by atoms with van der Waals surface area (Å²) < 4.78 is 16.9. The fourth-order valence-electron chi connectivity index (χ4n) is 3.22.